The molecule has 1 N–H and O–H groups in total. The first kappa shape index (κ1) is 33.7. The summed E-state index contributed by atoms with van der Waals surface area (Å²) in [5.74, 6) is -1.20. The van der Waals surface area contributed by atoms with Gasteiger partial charge in [0.25, 0.3) is 25.9 Å². The smallest absolute Gasteiger partial charge is 0.342 e. The normalized spacial score (nSPS) is 24.4. The van der Waals surface area contributed by atoms with E-state index in [9.17, 15) is 41.9 Å². The SMILES string of the molecule is CC(CNC(=O)C1([N+](=O)[O-])C=C([N+](=O)[O-])C=CC1N(CCOS(C)(=O)=O)CCOS(C)(=O)=O)OC1CCCCO1. The van der Waals surface area contributed by atoms with Crippen molar-refractivity contribution < 1.29 is 49.3 Å². The quantitative estimate of drug-likeness (QED) is 0.130. The maximum Gasteiger partial charge on any atom is 0.342 e. The summed E-state index contributed by atoms with van der Waals surface area (Å²) >= 11 is 0. The van der Waals surface area contributed by atoms with Crippen molar-refractivity contribution in [1.82, 2.24) is 10.2 Å². The van der Waals surface area contributed by atoms with E-state index in [1.807, 2.05) is 0 Å². The highest BCUT2D eigenvalue weighted by Crippen LogP contribution is 2.30. The summed E-state index contributed by atoms with van der Waals surface area (Å²) in [6.07, 6.45) is 5.47. The maximum atomic E-state index is 13.5. The van der Waals surface area contributed by atoms with Crippen molar-refractivity contribution >= 4 is 26.1 Å². The Kier molecular flexibility index (Phi) is 12.1. The second-order valence-electron chi connectivity index (χ2n) is 9.25. The van der Waals surface area contributed by atoms with Crippen molar-refractivity contribution in [3.8, 4) is 0 Å². The van der Waals surface area contributed by atoms with E-state index in [0.717, 1.165) is 37.5 Å². The van der Waals surface area contributed by atoms with E-state index in [1.165, 1.54) is 4.90 Å². The van der Waals surface area contributed by atoms with Crippen molar-refractivity contribution in [3.63, 3.8) is 0 Å². The van der Waals surface area contributed by atoms with Gasteiger partial charge in [0.1, 0.15) is 6.04 Å². The first-order chi connectivity index (χ1) is 18.5. The Morgan fingerprint density at radius 3 is 2.23 bits per heavy atom. The molecule has 228 valence electrons. The summed E-state index contributed by atoms with van der Waals surface area (Å²) < 4.78 is 66.5. The lowest BCUT2D eigenvalue weighted by Gasteiger charge is -2.37. The number of amides is 1. The van der Waals surface area contributed by atoms with Crippen molar-refractivity contribution in [2.75, 3.05) is 52.0 Å². The second kappa shape index (κ2) is 14.4. The molecule has 1 aliphatic carbocycles. The molecule has 0 aromatic carbocycles. The Morgan fingerprint density at radius 2 is 1.75 bits per heavy atom. The molecule has 0 radical (unpaired) electrons. The van der Waals surface area contributed by atoms with Gasteiger partial charge in [-0.25, -0.2) is 0 Å². The number of hydrogen-bond donors (Lipinski definition) is 1. The van der Waals surface area contributed by atoms with E-state index in [2.05, 4.69) is 5.32 Å². The van der Waals surface area contributed by atoms with E-state index >= 15 is 0 Å². The highest BCUT2D eigenvalue weighted by Gasteiger charge is 2.60. The van der Waals surface area contributed by atoms with Crippen LogP contribution < -0.4 is 5.32 Å². The van der Waals surface area contributed by atoms with Crippen molar-refractivity contribution in [2.45, 2.75) is 50.2 Å². The number of ether oxygens (including phenoxy) is 2. The van der Waals surface area contributed by atoms with Crippen molar-refractivity contribution in [3.05, 3.63) is 44.2 Å². The average molecular weight is 615 g/mol. The lowest BCUT2D eigenvalue weighted by atomic mass is 9.83. The van der Waals surface area contributed by atoms with Crippen LogP contribution in [0.25, 0.3) is 0 Å². The molecule has 0 spiro atoms. The molecule has 1 aliphatic heterocycles. The number of carbonyl (C=O) groups is 1. The van der Waals surface area contributed by atoms with Crippen LogP contribution in [0, 0.1) is 20.2 Å². The number of nitrogens with zero attached hydrogens (tertiary/aromatic N) is 3. The number of nitrogens with one attached hydrogen (secondary N) is 1. The van der Waals surface area contributed by atoms with Gasteiger partial charge in [-0.1, -0.05) is 6.08 Å². The monoisotopic (exact) mass is 614 g/mol. The number of carbonyl (C=O) groups excluding carboxylic acids is 1. The topological polar surface area (TPSA) is 224 Å². The molecule has 0 bridgehead atoms. The molecule has 0 saturated carbocycles. The minimum absolute atomic E-state index is 0.194. The summed E-state index contributed by atoms with van der Waals surface area (Å²) in [6.45, 7) is 0.200. The molecule has 0 aromatic rings. The maximum absolute atomic E-state index is 13.5. The first-order valence-electron chi connectivity index (χ1n) is 12.2. The molecule has 1 saturated heterocycles. The number of nitro groups is 2. The Bertz CT molecular complexity index is 1160. The summed E-state index contributed by atoms with van der Waals surface area (Å²) in [4.78, 5) is 36.8. The van der Waals surface area contributed by atoms with E-state index in [-0.39, 0.29) is 19.6 Å². The number of rotatable bonds is 16. The molecule has 1 fully saturated rings. The molecule has 19 heteroatoms. The van der Waals surface area contributed by atoms with Crippen LogP contribution in [0.1, 0.15) is 26.2 Å². The minimum atomic E-state index is -3.92. The zero-order valence-corrected chi connectivity index (χ0v) is 23.9. The van der Waals surface area contributed by atoms with E-state index in [1.54, 1.807) is 6.92 Å². The lowest BCUT2D eigenvalue weighted by molar-refractivity contribution is -0.547. The summed E-state index contributed by atoms with van der Waals surface area (Å²) in [6, 6.07) is -1.53. The largest absolute Gasteiger partial charge is 0.353 e. The van der Waals surface area contributed by atoms with Crippen LogP contribution in [-0.4, -0.2) is 113 Å². The van der Waals surface area contributed by atoms with Gasteiger partial charge >= 0.3 is 11.4 Å². The van der Waals surface area contributed by atoms with Crippen LogP contribution in [-0.2, 0) is 42.9 Å². The predicted molar refractivity (Wildman–Crippen MR) is 138 cm³/mol. The molecule has 1 heterocycles. The Morgan fingerprint density at radius 1 is 1.15 bits per heavy atom. The molecular weight excluding hydrogens is 580 g/mol. The van der Waals surface area contributed by atoms with Gasteiger partial charge in [-0.2, -0.15) is 16.8 Å². The summed E-state index contributed by atoms with van der Waals surface area (Å²) in [5, 5.41) is 26.5. The standard InChI is InChI=1S/C21H34N4O13S2/c1-16(38-19-6-4-5-11-35-19)15-22-20(26)21(25(29)30)14-17(24(27)28)7-8-18(21)23(9-12-36-39(2,31)32)10-13-37-40(3,33)34/h7-8,14,16,18-19H,4-6,9-13,15H2,1-3H3,(H,22,26). The van der Waals surface area contributed by atoms with E-state index in [4.69, 9.17) is 17.8 Å². The van der Waals surface area contributed by atoms with Crippen LogP contribution >= 0.6 is 0 Å². The zero-order valence-electron chi connectivity index (χ0n) is 22.3. The fourth-order valence-electron chi connectivity index (χ4n) is 4.16. The van der Waals surface area contributed by atoms with Gasteiger partial charge in [-0.15, -0.1) is 0 Å². The third-order valence-electron chi connectivity index (χ3n) is 5.96. The molecule has 0 aromatic heterocycles. The van der Waals surface area contributed by atoms with Crippen LogP contribution in [0.4, 0.5) is 0 Å². The molecular formula is C21H34N4O13S2. The Hall–Kier alpha value is -2.55. The van der Waals surface area contributed by atoms with Gasteiger partial charge < -0.3 is 14.8 Å². The number of hydrogen-bond acceptors (Lipinski definition) is 14. The zero-order chi connectivity index (χ0) is 30.1. The first-order valence-corrected chi connectivity index (χ1v) is 15.9. The van der Waals surface area contributed by atoms with E-state index < -0.39 is 78.9 Å². The molecule has 2 aliphatic rings. The van der Waals surface area contributed by atoms with Crippen LogP contribution in [0.2, 0.25) is 0 Å². The summed E-state index contributed by atoms with van der Waals surface area (Å²) in [7, 11) is -7.83. The fourth-order valence-corrected chi connectivity index (χ4v) is 4.91. The highest BCUT2D eigenvalue weighted by molar-refractivity contribution is 7.86. The van der Waals surface area contributed by atoms with Crippen LogP contribution in [0.5, 0.6) is 0 Å². The molecule has 4 atom stereocenters. The molecule has 2 rings (SSSR count). The third kappa shape index (κ3) is 10.1. The lowest BCUT2D eigenvalue weighted by Crippen LogP contribution is -2.65. The Labute approximate surface area is 232 Å². The van der Waals surface area contributed by atoms with Crippen LogP contribution in [0.15, 0.2) is 23.9 Å². The van der Waals surface area contributed by atoms with Gasteiger partial charge in [0, 0.05) is 37.2 Å². The Balaban J connectivity index is 2.37. The predicted octanol–water partition coefficient (Wildman–Crippen LogP) is -0.597. The van der Waals surface area contributed by atoms with Gasteiger partial charge in [0.15, 0.2) is 6.29 Å². The van der Waals surface area contributed by atoms with Gasteiger partial charge in [0.2, 0.25) is 0 Å². The number of allylic oxidation sites excluding steroid dienone is 1. The second-order valence-corrected chi connectivity index (χ2v) is 12.5. The molecule has 40 heavy (non-hydrogen) atoms. The van der Waals surface area contributed by atoms with Gasteiger partial charge in [-0.3, -0.25) is 38.3 Å². The van der Waals surface area contributed by atoms with Crippen molar-refractivity contribution in [2.24, 2.45) is 0 Å². The molecule has 17 nitrogen and oxygen atoms in total. The molecule has 1 amide bonds. The van der Waals surface area contributed by atoms with E-state index in [0.29, 0.717) is 19.1 Å². The summed E-state index contributed by atoms with van der Waals surface area (Å²) in [5.41, 5.74) is -3.49. The van der Waals surface area contributed by atoms with Crippen LogP contribution in [0.3, 0.4) is 0 Å². The minimum Gasteiger partial charge on any atom is -0.353 e. The average Bonchev–Trinajstić information content (AvgIpc) is 2.85. The molecule has 4 unspecified atom stereocenters. The third-order valence-corrected chi connectivity index (χ3v) is 7.15. The fraction of sp³-hybridized carbons (Fsp3) is 0.762. The highest BCUT2D eigenvalue weighted by atomic mass is 32.2. The van der Waals surface area contributed by atoms with Gasteiger partial charge in [-0.05, 0) is 26.2 Å². The van der Waals surface area contributed by atoms with Gasteiger partial charge in [0.05, 0.1) is 42.8 Å². The van der Waals surface area contributed by atoms with Crippen molar-refractivity contribution in [1.29, 1.82) is 0 Å².